The van der Waals surface area contributed by atoms with Crippen molar-refractivity contribution >= 4 is 5.97 Å². The van der Waals surface area contributed by atoms with Gasteiger partial charge >= 0.3 is 5.97 Å². The van der Waals surface area contributed by atoms with Crippen LogP contribution in [0.3, 0.4) is 0 Å². The third-order valence-electron chi connectivity index (χ3n) is 8.99. The first-order chi connectivity index (χ1) is 11.3. The molecule has 4 bridgehead atoms. The number of carbonyl (C=O) groups is 1. The molecule has 24 heavy (non-hydrogen) atoms. The Morgan fingerprint density at radius 2 is 1.79 bits per heavy atom. The third-order valence-corrected chi connectivity index (χ3v) is 8.99. The molecule has 4 saturated carbocycles. The molecule has 0 saturated heterocycles. The average molecular weight is 333 g/mol. The molecule has 0 amide bonds. The van der Waals surface area contributed by atoms with Gasteiger partial charge in [-0.15, -0.1) is 0 Å². The lowest BCUT2D eigenvalue weighted by molar-refractivity contribution is -0.192. The summed E-state index contributed by atoms with van der Waals surface area (Å²) in [7, 11) is 0. The molecule has 4 rings (SSSR count). The van der Waals surface area contributed by atoms with Crippen molar-refractivity contribution in [1.82, 2.24) is 0 Å². The lowest BCUT2D eigenvalue weighted by Crippen LogP contribution is -2.53. The van der Waals surface area contributed by atoms with Crippen molar-refractivity contribution in [3.05, 3.63) is 0 Å². The first-order valence-corrected chi connectivity index (χ1v) is 10.6. The zero-order valence-electron chi connectivity index (χ0n) is 16.3. The van der Waals surface area contributed by atoms with Gasteiger partial charge in [-0.25, -0.2) is 0 Å². The van der Waals surface area contributed by atoms with Gasteiger partial charge in [0.1, 0.15) is 5.60 Å². The van der Waals surface area contributed by atoms with Gasteiger partial charge in [-0.3, -0.25) is 4.79 Å². The summed E-state index contributed by atoms with van der Waals surface area (Å²) in [5, 5.41) is 0. The molecule has 0 N–H and O–H groups in total. The Labute approximate surface area is 148 Å². The van der Waals surface area contributed by atoms with Crippen LogP contribution in [0.15, 0.2) is 0 Å². The van der Waals surface area contributed by atoms with Gasteiger partial charge in [0, 0.05) is 5.92 Å². The maximum absolute atomic E-state index is 13.0. The van der Waals surface area contributed by atoms with Gasteiger partial charge in [-0.05, 0) is 94.3 Å². The molecular weight excluding hydrogens is 296 g/mol. The van der Waals surface area contributed by atoms with Gasteiger partial charge < -0.3 is 4.74 Å². The van der Waals surface area contributed by atoms with Crippen LogP contribution in [0.25, 0.3) is 0 Å². The Morgan fingerprint density at radius 3 is 2.42 bits per heavy atom. The molecule has 4 aliphatic rings. The van der Waals surface area contributed by atoms with Crippen molar-refractivity contribution in [2.75, 3.05) is 0 Å². The minimum atomic E-state index is -0.351. The van der Waals surface area contributed by atoms with Crippen LogP contribution in [-0.4, -0.2) is 11.6 Å². The SMILES string of the molecule is CCC(C)C1(OC(=O)C(C)(C)CC)CC2CC1C1C3CCC(C3)C21. The van der Waals surface area contributed by atoms with Gasteiger partial charge in [0.25, 0.3) is 0 Å². The molecule has 2 nitrogen and oxygen atoms in total. The number of esters is 1. The van der Waals surface area contributed by atoms with Gasteiger partial charge in [0.2, 0.25) is 0 Å². The van der Waals surface area contributed by atoms with Gasteiger partial charge in [0.15, 0.2) is 0 Å². The Balaban J connectivity index is 1.64. The molecular formula is C22H36O2. The third kappa shape index (κ3) is 2.10. The number of fused-ring (bicyclic) bond motifs is 9. The van der Waals surface area contributed by atoms with Crippen LogP contribution in [0.2, 0.25) is 0 Å². The lowest BCUT2D eigenvalue weighted by Gasteiger charge is -2.49. The van der Waals surface area contributed by atoms with Crippen molar-refractivity contribution < 1.29 is 9.53 Å². The minimum Gasteiger partial charge on any atom is -0.458 e. The molecule has 136 valence electrons. The van der Waals surface area contributed by atoms with Gasteiger partial charge in [-0.1, -0.05) is 20.8 Å². The topological polar surface area (TPSA) is 26.3 Å². The van der Waals surface area contributed by atoms with E-state index in [9.17, 15) is 4.79 Å². The van der Waals surface area contributed by atoms with Crippen LogP contribution >= 0.6 is 0 Å². The number of rotatable bonds is 5. The highest BCUT2D eigenvalue weighted by molar-refractivity contribution is 5.76. The van der Waals surface area contributed by atoms with Crippen molar-refractivity contribution in [1.29, 1.82) is 0 Å². The largest absolute Gasteiger partial charge is 0.458 e. The highest BCUT2D eigenvalue weighted by Crippen LogP contribution is 2.71. The van der Waals surface area contributed by atoms with Crippen LogP contribution in [0.4, 0.5) is 0 Å². The molecule has 8 atom stereocenters. The van der Waals surface area contributed by atoms with E-state index >= 15 is 0 Å². The summed E-state index contributed by atoms with van der Waals surface area (Å²) in [6.45, 7) is 10.8. The van der Waals surface area contributed by atoms with E-state index < -0.39 is 0 Å². The van der Waals surface area contributed by atoms with Gasteiger partial charge in [0.05, 0.1) is 5.41 Å². The van der Waals surface area contributed by atoms with E-state index in [-0.39, 0.29) is 17.0 Å². The van der Waals surface area contributed by atoms with E-state index in [1.807, 2.05) is 13.8 Å². The zero-order chi connectivity index (χ0) is 17.3. The first-order valence-electron chi connectivity index (χ1n) is 10.6. The second kappa shape index (κ2) is 5.48. The summed E-state index contributed by atoms with van der Waals surface area (Å²) in [5.41, 5.74) is -0.509. The highest BCUT2D eigenvalue weighted by atomic mass is 16.6. The minimum absolute atomic E-state index is 0.0533. The van der Waals surface area contributed by atoms with E-state index in [4.69, 9.17) is 4.74 Å². The van der Waals surface area contributed by atoms with Crippen molar-refractivity contribution in [2.24, 2.45) is 46.8 Å². The standard InChI is InChI=1S/C22H36O2/c1-6-13(3)22(24-20(23)21(4,5)7-2)12-16-11-17(22)19-15-9-8-14(10-15)18(16)19/h13-19H,6-12H2,1-5H3. The lowest BCUT2D eigenvalue weighted by atomic mass is 9.62. The van der Waals surface area contributed by atoms with Crippen LogP contribution < -0.4 is 0 Å². The van der Waals surface area contributed by atoms with Crippen LogP contribution in [0.5, 0.6) is 0 Å². The Hall–Kier alpha value is -0.530. The number of hydrogen-bond acceptors (Lipinski definition) is 2. The van der Waals surface area contributed by atoms with E-state index in [0.717, 1.165) is 48.9 Å². The molecule has 0 spiro atoms. The molecule has 8 unspecified atom stereocenters. The van der Waals surface area contributed by atoms with Gasteiger partial charge in [-0.2, -0.15) is 0 Å². The van der Waals surface area contributed by atoms with E-state index in [2.05, 4.69) is 20.8 Å². The molecule has 0 heterocycles. The summed E-state index contributed by atoms with van der Waals surface area (Å²) in [6, 6.07) is 0. The molecule has 0 aromatic rings. The fourth-order valence-corrected chi connectivity index (χ4v) is 7.21. The second-order valence-corrected chi connectivity index (χ2v) is 10.2. The Bertz CT molecular complexity index is 524. The maximum Gasteiger partial charge on any atom is 0.312 e. The second-order valence-electron chi connectivity index (χ2n) is 10.2. The molecule has 0 aliphatic heterocycles. The van der Waals surface area contributed by atoms with Crippen LogP contribution in [-0.2, 0) is 9.53 Å². The normalized spacial score (nSPS) is 47.0. The zero-order valence-corrected chi connectivity index (χ0v) is 16.3. The first kappa shape index (κ1) is 16.9. The number of carbonyl (C=O) groups excluding carboxylic acids is 1. The van der Waals surface area contributed by atoms with E-state index in [1.54, 1.807) is 0 Å². The van der Waals surface area contributed by atoms with E-state index in [1.165, 1.54) is 25.7 Å². The summed E-state index contributed by atoms with van der Waals surface area (Å²) < 4.78 is 6.52. The van der Waals surface area contributed by atoms with Crippen molar-refractivity contribution in [2.45, 2.75) is 85.2 Å². The average Bonchev–Trinajstić information content (AvgIpc) is 3.31. The van der Waals surface area contributed by atoms with Crippen LogP contribution in [0.1, 0.15) is 79.6 Å². The molecule has 0 aromatic heterocycles. The van der Waals surface area contributed by atoms with Crippen LogP contribution in [0, 0.1) is 46.8 Å². The van der Waals surface area contributed by atoms with Crippen molar-refractivity contribution in [3.8, 4) is 0 Å². The predicted molar refractivity (Wildman–Crippen MR) is 96.4 cm³/mol. The summed E-state index contributed by atoms with van der Waals surface area (Å²) in [4.78, 5) is 13.0. The maximum atomic E-state index is 13.0. The number of hydrogen-bond donors (Lipinski definition) is 0. The quantitative estimate of drug-likeness (QED) is 0.494. The molecule has 0 radical (unpaired) electrons. The fourth-order valence-electron chi connectivity index (χ4n) is 7.21. The molecule has 4 fully saturated rings. The summed E-state index contributed by atoms with van der Waals surface area (Å²) >= 11 is 0. The smallest absolute Gasteiger partial charge is 0.312 e. The Morgan fingerprint density at radius 1 is 1.12 bits per heavy atom. The molecule has 2 heteroatoms. The highest BCUT2D eigenvalue weighted by Gasteiger charge is 2.69. The summed E-state index contributed by atoms with van der Waals surface area (Å²) in [5.74, 6) is 5.82. The monoisotopic (exact) mass is 332 g/mol. The molecule has 4 aliphatic carbocycles. The number of ether oxygens (including phenoxy) is 1. The van der Waals surface area contributed by atoms with Crippen molar-refractivity contribution in [3.63, 3.8) is 0 Å². The fraction of sp³-hybridized carbons (Fsp3) is 0.955. The molecule has 0 aromatic carbocycles. The predicted octanol–water partition coefficient (Wildman–Crippen LogP) is 5.45. The summed E-state index contributed by atoms with van der Waals surface area (Å²) in [6.07, 6.45) is 8.87. The van der Waals surface area contributed by atoms with E-state index in [0.29, 0.717) is 11.8 Å². The Kier molecular flexibility index (Phi) is 3.86.